The highest BCUT2D eigenvalue weighted by Gasteiger charge is 2.39. The van der Waals surface area contributed by atoms with Crippen molar-refractivity contribution in [3.05, 3.63) is 22.5 Å². The number of hydrogen-bond donors (Lipinski definition) is 1. The number of aromatic nitrogens is 1. The van der Waals surface area contributed by atoms with Gasteiger partial charge in [-0.1, -0.05) is 27.7 Å². The van der Waals surface area contributed by atoms with E-state index in [2.05, 4.69) is 56.3 Å². The minimum Gasteiger partial charge on any atom is -0.361 e. The molecular weight excluding hydrogens is 334 g/mol. The van der Waals surface area contributed by atoms with Crippen LogP contribution in [0.3, 0.4) is 0 Å². The Labute approximate surface area is 165 Å². The molecule has 27 heavy (non-hydrogen) atoms. The number of likely N-dealkylation sites (tertiary alicyclic amines) is 2. The minimum atomic E-state index is 0.253. The van der Waals surface area contributed by atoms with Crippen molar-refractivity contribution in [2.45, 2.75) is 79.2 Å². The Balaban J connectivity index is 1.85. The highest BCUT2D eigenvalue weighted by Crippen LogP contribution is 2.34. The summed E-state index contributed by atoms with van der Waals surface area (Å²) >= 11 is 0. The van der Waals surface area contributed by atoms with E-state index in [9.17, 15) is 4.79 Å². The Morgan fingerprint density at radius 3 is 2.33 bits per heavy atom. The van der Waals surface area contributed by atoms with Crippen molar-refractivity contribution in [2.75, 3.05) is 26.2 Å². The van der Waals surface area contributed by atoms with Gasteiger partial charge in [0, 0.05) is 30.5 Å². The molecule has 2 aliphatic rings. The van der Waals surface area contributed by atoms with Crippen LogP contribution in [0.15, 0.2) is 0 Å². The van der Waals surface area contributed by atoms with Gasteiger partial charge in [0.15, 0.2) is 0 Å². The lowest BCUT2D eigenvalue weighted by molar-refractivity contribution is 0.0674. The summed E-state index contributed by atoms with van der Waals surface area (Å²) in [5.74, 6) is 1.99. The zero-order valence-electron chi connectivity index (χ0n) is 18.3. The average molecular weight is 374 g/mol. The molecule has 3 heterocycles. The SMILES string of the molecule is Cc1[nH]c(C(C)C)c(C)c1C(=O)N1CCC(CC(C)C)C1CN1CCCC1. The van der Waals surface area contributed by atoms with E-state index < -0.39 is 0 Å². The molecule has 0 bridgehead atoms. The van der Waals surface area contributed by atoms with Gasteiger partial charge in [0.05, 0.1) is 5.56 Å². The zero-order chi connectivity index (χ0) is 19.7. The molecule has 0 radical (unpaired) electrons. The third kappa shape index (κ3) is 4.26. The zero-order valence-corrected chi connectivity index (χ0v) is 18.3. The lowest BCUT2D eigenvalue weighted by atomic mass is 9.90. The standard InChI is InChI=1S/C23H39N3O/c1-15(2)13-19-9-12-26(20(19)14-25-10-7-8-11-25)23(27)21-17(5)22(16(3)4)24-18(21)6/h15-16,19-20,24H,7-14H2,1-6H3. The van der Waals surface area contributed by atoms with Gasteiger partial charge in [0.25, 0.3) is 5.91 Å². The van der Waals surface area contributed by atoms with Gasteiger partial charge in [-0.25, -0.2) is 0 Å². The molecule has 0 aliphatic carbocycles. The smallest absolute Gasteiger partial charge is 0.256 e. The molecule has 2 aliphatic heterocycles. The molecular formula is C23H39N3O. The lowest BCUT2D eigenvalue weighted by Crippen LogP contribution is -2.45. The van der Waals surface area contributed by atoms with E-state index in [1.54, 1.807) is 0 Å². The predicted octanol–water partition coefficient (Wildman–Crippen LogP) is 4.73. The fourth-order valence-electron chi connectivity index (χ4n) is 5.34. The molecule has 0 aromatic carbocycles. The molecule has 152 valence electrons. The number of amides is 1. The monoisotopic (exact) mass is 373 g/mol. The molecule has 1 N–H and O–H groups in total. The summed E-state index contributed by atoms with van der Waals surface area (Å²) < 4.78 is 0. The summed E-state index contributed by atoms with van der Waals surface area (Å²) in [6.45, 7) is 17.6. The Hall–Kier alpha value is -1.29. The minimum absolute atomic E-state index is 0.253. The van der Waals surface area contributed by atoms with Crippen LogP contribution in [0.1, 0.15) is 86.6 Å². The van der Waals surface area contributed by atoms with Crippen LogP contribution >= 0.6 is 0 Å². The van der Waals surface area contributed by atoms with Gasteiger partial charge in [0.2, 0.25) is 0 Å². The summed E-state index contributed by atoms with van der Waals surface area (Å²) in [5, 5.41) is 0. The van der Waals surface area contributed by atoms with Crippen LogP contribution in [-0.4, -0.2) is 52.9 Å². The summed E-state index contributed by atoms with van der Waals surface area (Å²) in [4.78, 5) is 21.9. The van der Waals surface area contributed by atoms with Gasteiger partial charge in [-0.15, -0.1) is 0 Å². The van der Waals surface area contributed by atoms with Crippen LogP contribution in [0.25, 0.3) is 0 Å². The second-order valence-electron chi connectivity index (χ2n) is 9.57. The molecule has 1 amide bonds. The predicted molar refractivity (Wildman–Crippen MR) is 112 cm³/mol. The molecule has 3 rings (SSSR count). The number of H-pyrrole nitrogens is 1. The maximum absolute atomic E-state index is 13.6. The van der Waals surface area contributed by atoms with Crippen molar-refractivity contribution in [1.29, 1.82) is 0 Å². The van der Waals surface area contributed by atoms with Crippen molar-refractivity contribution >= 4 is 5.91 Å². The van der Waals surface area contributed by atoms with Gasteiger partial charge >= 0.3 is 0 Å². The maximum Gasteiger partial charge on any atom is 0.256 e. The van der Waals surface area contributed by atoms with Crippen molar-refractivity contribution in [1.82, 2.24) is 14.8 Å². The van der Waals surface area contributed by atoms with Crippen molar-refractivity contribution in [3.8, 4) is 0 Å². The maximum atomic E-state index is 13.6. The van der Waals surface area contributed by atoms with E-state index in [-0.39, 0.29) is 5.91 Å². The molecule has 1 aromatic heterocycles. The summed E-state index contributed by atoms with van der Waals surface area (Å²) in [6, 6.07) is 0.370. The third-order valence-electron chi connectivity index (χ3n) is 6.63. The van der Waals surface area contributed by atoms with E-state index >= 15 is 0 Å². The first-order chi connectivity index (χ1) is 12.8. The van der Waals surface area contributed by atoms with Crippen molar-refractivity contribution in [3.63, 3.8) is 0 Å². The number of carbonyl (C=O) groups is 1. The van der Waals surface area contributed by atoms with E-state index in [1.807, 2.05) is 0 Å². The molecule has 1 aromatic rings. The topological polar surface area (TPSA) is 39.3 Å². The van der Waals surface area contributed by atoms with Crippen LogP contribution in [-0.2, 0) is 0 Å². The number of aromatic amines is 1. The molecule has 2 saturated heterocycles. The summed E-state index contributed by atoms with van der Waals surface area (Å²) in [6.07, 6.45) is 5.00. The fourth-order valence-corrected chi connectivity index (χ4v) is 5.34. The van der Waals surface area contributed by atoms with E-state index in [0.29, 0.717) is 23.8 Å². The normalized spacial score (nSPS) is 23.9. The van der Waals surface area contributed by atoms with Crippen LogP contribution in [0.2, 0.25) is 0 Å². The molecule has 4 heteroatoms. The summed E-state index contributed by atoms with van der Waals surface area (Å²) in [7, 11) is 0. The van der Waals surface area contributed by atoms with Crippen molar-refractivity contribution in [2.24, 2.45) is 11.8 Å². The lowest BCUT2D eigenvalue weighted by Gasteiger charge is -2.32. The van der Waals surface area contributed by atoms with Crippen LogP contribution in [0.5, 0.6) is 0 Å². The van der Waals surface area contributed by atoms with E-state index in [1.165, 1.54) is 38.0 Å². The number of hydrogen-bond acceptors (Lipinski definition) is 2. The Kier molecular flexibility index (Phi) is 6.35. The second kappa shape index (κ2) is 8.38. The Morgan fingerprint density at radius 1 is 1.11 bits per heavy atom. The average Bonchev–Trinajstić information content (AvgIpc) is 3.28. The number of nitrogens with one attached hydrogen (secondary N) is 1. The van der Waals surface area contributed by atoms with Gasteiger partial charge in [-0.2, -0.15) is 0 Å². The van der Waals surface area contributed by atoms with Gasteiger partial charge in [-0.3, -0.25) is 4.79 Å². The molecule has 0 saturated carbocycles. The third-order valence-corrected chi connectivity index (χ3v) is 6.63. The van der Waals surface area contributed by atoms with Crippen molar-refractivity contribution < 1.29 is 4.79 Å². The highest BCUT2D eigenvalue weighted by molar-refractivity contribution is 5.97. The van der Waals surface area contributed by atoms with E-state index in [4.69, 9.17) is 0 Å². The Morgan fingerprint density at radius 2 is 1.78 bits per heavy atom. The highest BCUT2D eigenvalue weighted by atomic mass is 16.2. The summed E-state index contributed by atoms with van der Waals surface area (Å²) in [5.41, 5.74) is 4.33. The molecule has 2 atom stereocenters. The van der Waals surface area contributed by atoms with Crippen LogP contribution in [0.4, 0.5) is 0 Å². The molecule has 4 nitrogen and oxygen atoms in total. The number of rotatable bonds is 6. The molecule has 0 spiro atoms. The van der Waals surface area contributed by atoms with Crippen LogP contribution < -0.4 is 0 Å². The second-order valence-corrected chi connectivity index (χ2v) is 9.57. The van der Waals surface area contributed by atoms with Gasteiger partial charge < -0.3 is 14.8 Å². The first-order valence-corrected chi connectivity index (χ1v) is 11.0. The quantitative estimate of drug-likeness (QED) is 0.783. The first kappa shape index (κ1) is 20.4. The number of carbonyl (C=O) groups excluding carboxylic acids is 1. The van der Waals surface area contributed by atoms with Crippen LogP contribution in [0, 0.1) is 25.7 Å². The largest absolute Gasteiger partial charge is 0.361 e. The first-order valence-electron chi connectivity index (χ1n) is 11.0. The number of nitrogens with zero attached hydrogens (tertiary/aromatic N) is 2. The number of aryl methyl sites for hydroxylation is 1. The molecule has 2 unspecified atom stereocenters. The van der Waals surface area contributed by atoms with Gasteiger partial charge in [0.1, 0.15) is 0 Å². The molecule has 2 fully saturated rings. The Bertz CT molecular complexity index is 655. The fraction of sp³-hybridized carbons (Fsp3) is 0.783. The van der Waals surface area contributed by atoms with E-state index in [0.717, 1.165) is 36.3 Å². The van der Waals surface area contributed by atoms with Gasteiger partial charge in [-0.05, 0) is 75.9 Å².